The fourth-order valence-electron chi connectivity index (χ4n) is 3.15. The Balaban J connectivity index is 1.45. The molecule has 0 unspecified atom stereocenters. The SMILES string of the molecule is O=C(C[C@@H]1CN(C(=O)c2cnccn2)Cc2ccnn21)NCc1cccs1. The van der Waals surface area contributed by atoms with Gasteiger partial charge in [-0.15, -0.1) is 11.3 Å². The Morgan fingerprint density at radius 2 is 2.19 bits per heavy atom. The summed E-state index contributed by atoms with van der Waals surface area (Å²) in [5.41, 5.74) is 1.20. The van der Waals surface area contributed by atoms with E-state index in [1.807, 2.05) is 28.3 Å². The number of hydrogen-bond donors (Lipinski definition) is 1. The van der Waals surface area contributed by atoms with Crippen molar-refractivity contribution in [3.63, 3.8) is 0 Å². The molecule has 1 N–H and O–H groups in total. The minimum atomic E-state index is -0.215. The molecule has 9 heteroatoms. The van der Waals surface area contributed by atoms with Crippen LogP contribution in [0, 0.1) is 0 Å². The highest BCUT2D eigenvalue weighted by Crippen LogP contribution is 2.24. The number of nitrogens with zero attached hydrogens (tertiary/aromatic N) is 5. The van der Waals surface area contributed by atoms with Gasteiger partial charge in [0.05, 0.1) is 37.4 Å². The number of aromatic nitrogens is 4. The molecule has 0 bridgehead atoms. The molecule has 1 aliphatic heterocycles. The summed E-state index contributed by atoms with van der Waals surface area (Å²) in [5.74, 6) is -0.261. The summed E-state index contributed by atoms with van der Waals surface area (Å²) in [4.78, 5) is 36.0. The molecule has 4 heterocycles. The molecule has 0 aromatic carbocycles. The first-order chi connectivity index (χ1) is 13.2. The van der Waals surface area contributed by atoms with Crippen LogP contribution in [0.2, 0.25) is 0 Å². The summed E-state index contributed by atoms with van der Waals surface area (Å²) in [6.45, 7) is 1.34. The van der Waals surface area contributed by atoms with E-state index < -0.39 is 0 Å². The topological polar surface area (TPSA) is 93.0 Å². The van der Waals surface area contributed by atoms with Crippen LogP contribution < -0.4 is 5.32 Å². The highest BCUT2D eigenvalue weighted by Gasteiger charge is 2.30. The van der Waals surface area contributed by atoms with E-state index in [1.165, 1.54) is 18.6 Å². The summed E-state index contributed by atoms with van der Waals surface area (Å²) in [6, 6.07) is 5.59. The van der Waals surface area contributed by atoms with Crippen LogP contribution >= 0.6 is 11.3 Å². The first kappa shape index (κ1) is 17.3. The molecular weight excluding hydrogens is 364 g/mol. The number of amides is 2. The van der Waals surface area contributed by atoms with Gasteiger partial charge < -0.3 is 10.2 Å². The third-order valence-electron chi connectivity index (χ3n) is 4.41. The van der Waals surface area contributed by atoms with Crippen molar-refractivity contribution in [3.05, 3.63) is 64.6 Å². The van der Waals surface area contributed by atoms with Crippen LogP contribution in [0.25, 0.3) is 0 Å². The molecule has 0 fully saturated rings. The molecule has 0 aliphatic carbocycles. The lowest BCUT2D eigenvalue weighted by molar-refractivity contribution is -0.122. The Bertz CT molecular complexity index is 925. The molecule has 0 saturated carbocycles. The number of rotatable bonds is 5. The summed E-state index contributed by atoms with van der Waals surface area (Å²) >= 11 is 1.60. The lowest BCUT2D eigenvalue weighted by Gasteiger charge is -2.33. The van der Waals surface area contributed by atoms with E-state index in [4.69, 9.17) is 0 Å². The minimum Gasteiger partial charge on any atom is -0.351 e. The Labute approximate surface area is 159 Å². The molecule has 1 atom stereocenters. The van der Waals surface area contributed by atoms with Gasteiger partial charge in [-0.25, -0.2) is 4.98 Å². The molecule has 8 nitrogen and oxygen atoms in total. The van der Waals surface area contributed by atoms with E-state index >= 15 is 0 Å². The molecule has 2 amide bonds. The maximum atomic E-state index is 12.7. The molecule has 138 valence electrons. The number of hydrogen-bond acceptors (Lipinski definition) is 6. The molecule has 0 radical (unpaired) electrons. The van der Waals surface area contributed by atoms with Gasteiger partial charge in [-0.05, 0) is 17.5 Å². The predicted octanol–water partition coefficient (Wildman–Crippen LogP) is 1.64. The average molecular weight is 382 g/mol. The largest absolute Gasteiger partial charge is 0.351 e. The van der Waals surface area contributed by atoms with Crippen molar-refractivity contribution in [1.82, 2.24) is 30.0 Å². The molecule has 0 saturated heterocycles. The highest BCUT2D eigenvalue weighted by molar-refractivity contribution is 7.09. The zero-order valence-electron chi connectivity index (χ0n) is 14.5. The van der Waals surface area contributed by atoms with Crippen LogP contribution in [-0.4, -0.2) is 43.0 Å². The van der Waals surface area contributed by atoms with Gasteiger partial charge >= 0.3 is 0 Å². The van der Waals surface area contributed by atoms with E-state index in [0.29, 0.717) is 25.3 Å². The van der Waals surface area contributed by atoms with Crippen molar-refractivity contribution >= 4 is 23.2 Å². The lowest BCUT2D eigenvalue weighted by Crippen LogP contribution is -2.43. The molecule has 4 rings (SSSR count). The summed E-state index contributed by atoms with van der Waals surface area (Å²) in [7, 11) is 0. The minimum absolute atomic E-state index is 0.0661. The van der Waals surface area contributed by atoms with Crippen molar-refractivity contribution in [2.75, 3.05) is 6.54 Å². The van der Waals surface area contributed by atoms with E-state index in [0.717, 1.165) is 10.6 Å². The van der Waals surface area contributed by atoms with Crippen LogP contribution in [-0.2, 0) is 17.9 Å². The maximum absolute atomic E-state index is 12.7. The second-order valence-corrected chi connectivity index (χ2v) is 7.29. The quantitative estimate of drug-likeness (QED) is 0.724. The van der Waals surface area contributed by atoms with Crippen molar-refractivity contribution in [1.29, 1.82) is 0 Å². The van der Waals surface area contributed by atoms with Crippen molar-refractivity contribution in [2.24, 2.45) is 0 Å². The van der Waals surface area contributed by atoms with Gasteiger partial charge in [-0.1, -0.05) is 6.07 Å². The second-order valence-electron chi connectivity index (χ2n) is 6.26. The number of carbonyl (C=O) groups is 2. The van der Waals surface area contributed by atoms with Crippen molar-refractivity contribution in [2.45, 2.75) is 25.6 Å². The predicted molar refractivity (Wildman–Crippen MR) is 98.8 cm³/mol. The molecule has 3 aromatic heterocycles. The molecule has 1 aliphatic rings. The monoisotopic (exact) mass is 382 g/mol. The van der Waals surface area contributed by atoms with Gasteiger partial charge in [0.2, 0.25) is 5.91 Å². The Morgan fingerprint density at radius 3 is 2.96 bits per heavy atom. The van der Waals surface area contributed by atoms with Gasteiger partial charge in [-0.3, -0.25) is 19.3 Å². The second kappa shape index (κ2) is 7.67. The van der Waals surface area contributed by atoms with Gasteiger partial charge in [0, 0.05) is 30.0 Å². The molecule has 3 aromatic rings. The van der Waals surface area contributed by atoms with E-state index in [1.54, 1.807) is 22.4 Å². The third kappa shape index (κ3) is 3.87. The Hall–Kier alpha value is -3.07. The van der Waals surface area contributed by atoms with E-state index in [-0.39, 0.29) is 24.3 Å². The van der Waals surface area contributed by atoms with Gasteiger partial charge in [-0.2, -0.15) is 5.10 Å². The number of carbonyl (C=O) groups excluding carboxylic acids is 2. The summed E-state index contributed by atoms with van der Waals surface area (Å²) in [6.07, 6.45) is 6.43. The number of fused-ring (bicyclic) bond motifs is 1. The first-order valence-electron chi connectivity index (χ1n) is 8.57. The normalized spacial score (nSPS) is 16.0. The molecule has 27 heavy (non-hydrogen) atoms. The van der Waals surface area contributed by atoms with Crippen LogP contribution in [0.1, 0.15) is 33.5 Å². The number of thiophene rings is 1. The van der Waals surface area contributed by atoms with Crippen LogP contribution in [0.3, 0.4) is 0 Å². The highest BCUT2D eigenvalue weighted by atomic mass is 32.1. The van der Waals surface area contributed by atoms with E-state index in [2.05, 4.69) is 20.4 Å². The van der Waals surface area contributed by atoms with Crippen LogP contribution in [0.4, 0.5) is 0 Å². The molecule has 0 spiro atoms. The fraction of sp³-hybridized carbons (Fsp3) is 0.278. The Kier molecular flexibility index (Phi) is 4.93. The molecular formula is C18H18N6O2S. The van der Waals surface area contributed by atoms with Gasteiger partial charge in [0.15, 0.2) is 0 Å². The van der Waals surface area contributed by atoms with Crippen molar-refractivity contribution < 1.29 is 9.59 Å². The zero-order chi connectivity index (χ0) is 18.6. The first-order valence-corrected chi connectivity index (χ1v) is 9.45. The van der Waals surface area contributed by atoms with Crippen molar-refractivity contribution in [3.8, 4) is 0 Å². The average Bonchev–Trinajstić information content (AvgIpc) is 3.38. The number of nitrogens with one attached hydrogen (secondary N) is 1. The fourth-order valence-corrected chi connectivity index (χ4v) is 3.79. The Morgan fingerprint density at radius 1 is 1.26 bits per heavy atom. The smallest absolute Gasteiger partial charge is 0.274 e. The maximum Gasteiger partial charge on any atom is 0.274 e. The van der Waals surface area contributed by atoms with Crippen LogP contribution in [0.5, 0.6) is 0 Å². The lowest BCUT2D eigenvalue weighted by atomic mass is 10.1. The van der Waals surface area contributed by atoms with Gasteiger partial charge in [0.1, 0.15) is 5.69 Å². The zero-order valence-corrected chi connectivity index (χ0v) is 15.3. The summed E-state index contributed by atoms with van der Waals surface area (Å²) in [5, 5.41) is 9.26. The summed E-state index contributed by atoms with van der Waals surface area (Å²) < 4.78 is 1.84. The standard InChI is InChI=1S/C18H18N6O2S/c25-17(21-9-15-2-1-7-27-15)8-14-12-23(11-13-3-4-22-24(13)14)18(26)16-10-19-5-6-20-16/h1-7,10,14H,8-9,11-12H2,(H,21,25)/t14-/m1/s1. The van der Waals surface area contributed by atoms with Crippen LogP contribution in [0.15, 0.2) is 48.4 Å². The van der Waals surface area contributed by atoms with Gasteiger partial charge in [0.25, 0.3) is 5.91 Å². The van der Waals surface area contributed by atoms with E-state index in [9.17, 15) is 9.59 Å². The third-order valence-corrected chi connectivity index (χ3v) is 5.29.